The highest BCUT2D eigenvalue weighted by atomic mass is 16.5. The van der Waals surface area contributed by atoms with Gasteiger partial charge in [-0.2, -0.15) is 0 Å². The molecule has 1 unspecified atom stereocenters. The molecule has 2 aliphatic rings. The fourth-order valence-electron chi connectivity index (χ4n) is 2.81. The second-order valence-electron chi connectivity index (χ2n) is 4.61. The quantitative estimate of drug-likeness (QED) is 0.716. The lowest BCUT2D eigenvalue weighted by atomic mass is 9.82. The van der Waals surface area contributed by atoms with Gasteiger partial charge in [0.1, 0.15) is 0 Å². The Labute approximate surface area is 92.3 Å². The average Bonchev–Trinajstić information content (AvgIpc) is 2.55. The molecule has 0 saturated carbocycles. The van der Waals surface area contributed by atoms with Crippen LogP contribution in [0.15, 0.2) is 4.99 Å². The highest BCUT2D eigenvalue weighted by molar-refractivity contribution is 5.79. The van der Waals surface area contributed by atoms with Crippen molar-refractivity contribution in [3.8, 4) is 0 Å². The van der Waals surface area contributed by atoms with Crippen molar-refractivity contribution in [3.05, 3.63) is 0 Å². The SMILES string of the molecule is COC1=NCCCCC1C1CCNCC1. The smallest absolute Gasteiger partial charge is 0.186 e. The van der Waals surface area contributed by atoms with Gasteiger partial charge < -0.3 is 10.1 Å². The molecule has 2 aliphatic heterocycles. The zero-order valence-corrected chi connectivity index (χ0v) is 9.67. The maximum atomic E-state index is 5.47. The van der Waals surface area contributed by atoms with Gasteiger partial charge in [0.15, 0.2) is 5.90 Å². The van der Waals surface area contributed by atoms with Crippen molar-refractivity contribution in [3.63, 3.8) is 0 Å². The summed E-state index contributed by atoms with van der Waals surface area (Å²) in [6.45, 7) is 3.29. The van der Waals surface area contributed by atoms with Crippen LogP contribution in [0.5, 0.6) is 0 Å². The Kier molecular flexibility index (Phi) is 4.01. The molecule has 0 aromatic carbocycles. The number of hydrogen-bond donors (Lipinski definition) is 1. The van der Waals surface area contributed by atoms with Crippen molar-refractivity contribution in [1.82, 2.24) is 5.32 Å². The number of aliphatic imine (C=N–C) groups is 1. The monoisotopic (exact) mass is 210 g/mol. The molecule has 0 aliphatic carbocycles. The number of nitrogens with zero attached hydrogens (tertiary/aromatic N) is 1. The molecule has 2 rings (SSSR count). The molecule has 3 nitrogen and oxygen atoms in total. The maximum absolute atomic E-state index is 5.47. The summed E-state index contributed by atoms with van der Waals surface area (Å²) >= 11 is 0. The lowest BCUT2D eigenvalue weighted by Gasteiger charge is -2.30. The molecule has 1 fully saturated rings. The van der Waals surface area contributed by atoms with E-state index in [0.29, 0.717) is 5.92 Å². The van der Waals surface area contributed by atoms with Crippen molar-refractivity contribution in [1.29, 1.82) is 0 Å². The summed E-state index contributed by atoms with van der Waals surface area (Å²) in [5, 5.41) is 3.42. The zero-order valence-electron chi connectivity index (χ0n) is 9.67. The molecule has 0 aromatic rings. The van der Waals surface area contributed by atoms with E-state index in [-0.39, 0.29) is 0 Å². The van der Waals surface area contributed by atoms with Gasteiger partial charge in [0.2, 0.25) is 0 Å². The summed E-state index contributed by atoms with van der Waals surface area (Å²) in [4.78, 5) is 4.57. The largest absolute Gasteiger partial charge is 0.484 e. The van der Waals surface area contributed by atoms with Crippen LogP contribution < -0.4 is 5.32 Å². The molecule has 0 bridgehead atoms. The summed E-state index contributed by atoms with van der Waals surface area (Å²) in [5.41, 5.74) is 0. The van der Waals surface area contributed by atoms with Crippen molar-refractivity contribution in [2.45, 2.75) is 32.1 Å². The van der Waals surface area contributed by atoms with Crippen LogP contribution in [0.4, 0.5) is 0 Å². The highest BCUT2D eigenvalue weighted by Gasteiger charge is 2.29. The number of ether oxygens (including phenoxy) is 1. The van der Waals surface area contributed by atoms with Gasteiger partial charge in [-0.25, -0.2) is 0 Å². The molecule has 3 heteroatoms. The fraction of sp³-hybridized carbons (Fsp3) is 0.917. The minimum Gasteiger partial charge on any atom is -0.484 e. The van der Waals surface area contributed by atoms with Crippen LogP contribution in [0.1, 0.15) is 32.1 Å². The Morgan fingerprint density at radius 1 is 1.20 bits per heavy atom. The molecule has 1 N–H and O–H groups in total. The number of rotatable bonds is 1. The Balaban J connectivity index is 2.02. The zero-order chi connectivity index (χ0) is 10.5. The third-order valence-corrected chi connectivity index (χ3v) is 3.67. The first-order chi connectivity index (χ1) is 7.42. The first-order valence-corrected chi connectivity index (χ1v) is 6.21. The summed E-state index contributed by atoms with van der Waals surface area (Å²) < 4.78 is 5.47. The second-order valence-corrected chi connectivity index (χ2v) is 4.61. The standard InChI is InChI=1S/C12H22N2O/c1-15-12-11(4-2-3-7-14-12)10-5-8-13-9-6-10/h10-11,13H,2-9H2,1H3. The van der Waals surface area contributed by atoms with E-state index < -0.39 is 0 Å². The molecule has 0 amide bonds. The molecule has 2 heterocycles. The van der Waals surface area contributed by atoms with Crippen molar-refractivity contribution < 1.29 is 4.74 Å². The summed E-state index contributed by atoms with van der Waals surface area (Å²) in [5.74, 6) is 2.42. The van der Waals surface area contributed by atoms with Gasteiger partial charge in [0.05, 0.1) is 7.11 Å². The lowest BCUT2D eigenvalue weighted by Crippen LogP contribution is -2.35. The van der Waals surface area contributed by atoms with Crippen LogP contribution in [0, 0.1) is 11.8 Å². The van der Waals surface area contributed by atoms with Crippen molar-refractivity contribution in [2.24, 2.45) is 16.8 Å². The van der Waals surface area contributed by atoms with E-state index >= 15 is 0 Å². The molecule has 0 radical (unpaired) electrons. The number of hydrogen-bond acceptors (Lipinski definition) is 3. The first kappa shape index (κ1) is 10.9. The molecular weight excluding hydrogens is 188 g/mol. The predicted molar refractivity (Wildman–Crippen MR) is 62.2 cm³/mol. The van der Waals surface area contributed by atoms with Crippen molar-refractivity contribution in [2.75, 3.05) is 26.7 Å². The Hall–Kier alpha value is -0.570. The molecule has 0 spiro atoms. The molecule has 15 heavy (non-hydrogen) atoms. The van der Waals surface area contributed by atoms with E-state index in [0.717, 1.165) is 31.4 Å². The minimum atomic E-state index is 0.597. The lowest BCUT2D eigenvalue weighted by molar-refractivity contribution is 0.259. The highest BCUT2D eigenvalue weighted by Crippen LogP contribution is 2.29. The number of nitrogens with one attached hydrogen (secondary N) is 1. The van der Waals surface area contributed by atoms with Gasteiger partial charge in [0, 0.05) is 12.5 Å². The third kappa shape index (κ3) is 2.71. The fourth-order valence-corrected chi connectivity index (χ4v) is 2.81. The van der Waals surface area contributed by atoms with Crippen LogP contribution in [0.2, 0.25) is 0 Å². The number of piperidine rings is 1. The van der Waals surface area contributed by atoms with Gasteiger partial charge in [-0.3, -0.25) is 4.99 Å². The molecular formula is C12H22N2O. The third-order valence-electron chi connectivity index (χ3n) is 3.67. The Morgan fingerprint density at radius 2 is 2.00 bits per heavy atom. The van der Waals surface area contributed by atoms with Gasteiger partial charge >= 0.3 is 0 Å². The van der Waals surface area contributed by atoms with Crippen LogP contribution in [0.25, 0.3) is 0 Å². The predicted octanol–water partition coefficient (Wildman–Crippen LogP) is 1.83. The van der Waals surface area contributed by atoms with Crippen LogP contribution in [0.3, 0.4) is 0 Å². The second kappa shape index (κ2) is 5.50. The topological polar surface area (TPSA) is 33.6 Å². The van der Waals surface area contributed by atoms with Gasteiger partial charge in [-0.1, -0.05) is 6.42 Å². The van der Waals surface area contributed by atoms with Crippen LogP contribution in [-0.4, -0.2) is 32.6 Å². The minimum absolute atomic E-state index is 0.597. The Morgan fingerprint density at radius 3 is 2.73 bits per heavy atom. The van der Waals surface area contributed by atoms with Gasteiger partial charge in [-0.05, 0) is 44.7 Å². The molecule has 1 saturated heterocycles. The molecule has 0 aromatic heterocycles. The first-order valence-electron chi connectivity index (χ1n) is 6.21. The maximum Gasteiger partial charge on any atom is 0.186 e. The summed E-state index contributed by atoms with van der Waals surface area (Å²) in [6.07, 6.45) is 6.39. The van der Waals surface area contributed by atoms with Crippen LogP contribution in [-0.2, 0) is 4.74 Å². The van der Waals surface area contributed by atoms with E-state index in [9.17, 15) is 0 Å². The Bertz CT molecular complexity index is 222. The molecule has 86 valence electrons. The van der Waals surface area contributed by atoms with E-state index in [2.05, 4.69) is 10.3 Å². The van der Waals surface area contributed by atoms with Crippen LogP contribution >= 0.6 is 0 Å². The van der Waals surface area contributed by atoms with E-state index in [1.165, 1.54) is 32.1 Å². The van der Waals surface area contributed by atoms with E-state index in [1.54, 1.807) is 7.11 Å². The van der Waals surface area contributed by atoms with Gasteiger partial charge in [-0.15, -0.1) is 0 Å². The average molecular weight is 210 g/mol. The van der Waals surface area contributed by atoms with E-state index in [4.69, 9.17) is 4.74 Å². The summed E-state index contributed by atoms with van der Waals surface area (Å²) in [7, 11) is 1.78. The normalized spacial score (nSPS) is 29.4. The summed E-state index contributed by atoms with van der Waals surface area (Å²) in [6, 6.07) is 0. The van der Waals surface area contributed by atoms with Gasteiger partial charge in [0.25, 0.3) is 0 Å². The molecule has 1 atom stereocenters. The van der Waals surface area contributed by atoms with Crippen molar-refractivity contribution >= 4 is 5.90 Å². The van der Waals surface area contributed by atoms with E-state index in [1.807, 2.05) is 0 Å². The number of methoxy groups -OCH3 is 1.